The molecule has 1 aromatic heterocycles. The number of hydrogen-bond acceptors (Lipinski definition) is 1. The maximum absolute atomic E-state index is 6.13. The van der Waals surface area contributed by atoms with Crippen molar-refractivity contribution in [2.75, 3.05) is 6.54 Å². The quantitative estimate of drug-likeness (QED) is 0.854. The van der Waals surface area contributed by atoms with Gasteiger partial charge in [-0.05, 0) is 42.0 Å². The van der Waals surface area contributed by atoms with Gasteiger partial charge >= 0.3 is 0 Å². The highest BCUT2D eigenvalue weighted by Gasteiger charge is 2.36. The second kappa shape index (κ2) is 4.68. The van der Waals surface area contributed by atoms with Gasteiger partial charge in [-0.3, -0.25) is 0 Å². The molecule has 0 unspecified atom stereocenters. The number of rotatable bonds is 3. The first-order valence-corrected chi connectivity index (χ1v) is 7.48. The average Bonchev–Trinajstić information content (AvgIpc) is 3.04. The molecule has 1 aromatic carbocycles. The smallest absolute Gasteiger partial charge is 0.0457 e. The van der Waals surface area contributed by atoms with Crippen molar-refractivity contribution >= 4 is 10.9 Å². The second-order valence-electron chi connectivity index (χ2n) is 6.35. The minimum Gasteiger partial charge on any atom is -0.361 e. The molecule has 102 valence electrons. The van der Waals surface area contributed by atoms with E-state index in [9.17, 15) is 0 Å². The zero-order chi connectivity index (χ0) is 13.5. The van der Waals surface area contributed by atoms with Crippen LogP contribution in [0.2, 0.25) is 0 Å². The highest BCUT2D eigenvalue weighted by Crippen LogP contribution is 2.43. The number of hydrogen-bond donors (Lipinski definition) is 2. The van der Waals surface area contributed by atoms with Crippen LogP contribution in [0.5, 0.6) is 0 Å². The fourth-order valence-corrected chi connectivity index (χ4v) is 3.57. The lowest BCUT2D eigenvalue weighted by atomic mass is 9.78. The van der Waals surface area contributed by atoms with Crippen LogP contribution in [0.3, 0.4) is 0 Å². The Bertz CT molecular complexity index is 574. The third-order valence-corrected chi connectivity index (χ3v) is 4.90. The molecule has 0 aliphatic heterocycles. The van der Waals surface area contributed by atoms with Crippen molar-refractivity contribution in [1.82, 2.24) is 4.98 Å². The van der Waals surface area contributed by atoms with E-state index in [-0.39, 0.29) is 5.41 Å². The molecular formula is C17H24N2. The van der Waals surface area contributed by atoms with Crippen molar-refractivity contribution in [1.29, 1.82) is 0 Å². The van der Waals surface area contributed by atoms with Crippen LogP contribution in [0.25, 0.3) is 10.9 Å². The average molecular weight is 256 g/mol. The molecule has 1 heterocycles. The minimum absolute atomic E-state index is 0.216. The molecule has 2 aromatic rings. The lowest BCUT2D eigenvalue weighted by Crippen LogP contribution is -2.31. The zero-order valence-electron chi connectivity index (χ0n) is 12.0. The van der Waals surface area contributed by atoms with Crippen molar-refractivity contribution in [2.24, 2.45) is 5.73 Å². The summed E-state index contributed by atoms with van der Waals surface area (Å²) >= 11 is 0. The van der Waals surface area contributed by atoms with E-state index >= 15 is 0 Å². The van der Waals surface area contributed by atoms with Crippen LogP contribution < -0.4 is 5.73 Å². The first kappa shape index (κ1) is 12.7. The van der Waals surface area contributed by atoms with Gasteiger partial charge in [0.15, 0.2) is 0 Å². The summed E-state index contributed by atoms with van der Waals surface area (Å²) < 4.78 is 0. The largest absolute Gasteiger partial charge is 0.361 e. The van der Waals surface area contributed by atoms with Gasteiger partial charge in [-0.15, -0.1) is 0 Å². The molecule has 1 aliphatic carbocycles. The van der Waals surface area contributed by atoms with Gasteiger partial charge in [0, 0.05) is 29.1 Å². The van der Waals surface area contributed by atoms with E-state index in [1.807, 2.05) is 0 Å². The first-order chi connectivity index (χ1) is 9.16. The summed E-state index contributed by atoms with van der Waals surface area (Å²) in [6.45, 7) is 5.27. The van der Waals surface area contributed by atoms with E-state index in [2.05, 4.69) is 43.2 Å². The van der Waals surface area contributed by atoms with Crippen LogP contribution in [0.15, 0.2) is 24.4 Å². The zero-order valence-corrected chi connectivity index (χ0v) is 12.0. The molecular weight excluding hydrogens is 232 g/mol. The van der Waals surface area contributed by atoms with Crippen LogP contribution in [0.4, 0.5) is 0 Å². The number of aromatic nitrogens is 1. The molecule has 1 aliphatic rings. The number of aromatic amines is 1. The number of nitrogens with one attached hydrogen (secondary N) is 1. The molecule has 0 amide bonds. The highest BCUT2D eigenvalue weighted by molar-refractivity contribution is 5.85. The van der Waals surface area contributed by atoms with Gasteiger partial charge in [-0.2, -0.15) is 0 Å². The maximum atomic E-state index is 6.13. The van der Waals surface area contributed by atoms with E-state index in [1.54, 1.807) is 0 Å². The summed E-state index contributed by atoms with van der Waals surface area (Å²) in [5.41, 5.74) is 10.5. The van der Waals surface area contributed by atoms with Crippen molar-refractivity contribution in [3.05, 3.63) is 35.5 Å². The fourth-order valence-electron chi connectivity index (χ4n) is 3.57. The molecule has 1 fully saturated rings. The molecule has 0 spiro atoms. The summed E-state index contributed by atoms with van der Waals surface area (Å²) in [4.78, 5) is 3.43. The summed E-state index contributed by atoms with van der Waals surface area (Å²) in [6, 6.07) is 6.81. The summed E-state index contributed by atoms with van der Waals surface area (Å²) in [5, 5.41) is 1.39. The Balaban J connectivity index is 2.15. The Morgan fingerprint density at radius 1 is 1.26 bits per heavy atom. The van der Waals surface area contributed by atoms with E-state index < -0.39 is 0 Å². The van der Waals surface area contributed by atoms with Crippen LogP contribution in [0, 0.1) is 0 Å². The Labute approximate surface area is 115 Å². The van der Waals surface area contributed by atoms with Gasteiger partial charge in [0.05, 0.1) is 0 Å². The van der Waals surface area contributed by atoms with Gasteiger partial charge in [0.25, 0.3) is 0 Å². The predicted molar refractivity (Wildman–Crippen MR) is 81.6 cm³/mol. The van der Waals surface area contributed by atoms with Crippen molar-refractivity contribution in [3.63, 3.8) is 0 Å². The van der Waals surface area contributed by atoms with Gasteiger partial charge in [-0.1, -0.05) is 32.8 Å². The standard InChI is InChI=1S/C17H24N2/c1-12(2)13-5-6-16-14(9-13)15(10-19-16)17(11-18)7-3-4-8-17/h5-6,9-10,12,19H,3-4,7-8,11,18H2,1-2H3. The number of fused-ring (bicyclic) bond motifs is 1. The SMILES string of the molecule is CC(C)c1ccc2[nH]cc(C3(CN)CCCC3)c2c1. The van der Waals surface area contributed by atoms with Crippen molar-refractivity contribution in [2.45, 2.75) is 50.9 Å². The molecule has 0 radical (unpaired) electrons. The minimum atomic E-state index is 0.216. The van der Waals surface area contributed by atoms with Gasteiger partial charge in [0.2, 0.25) is 0 Å². The summed E-state index contributed by atoms with van der Waals surface area (Å²) in [5.74, 6) is 0.574. The molecule has 2 heteroatoms. The molecule has 0 saturated heterocycles. The van der Waals surface area contributed by atoms with Gasteiger partial charge < -0.3 is 10.7 Å². The lowest BCUT2D eigenvalue weighted by Gasteiger charge is -2.27. The van der Waals surface area contributed by atoms with E-state index in [4.69, 9.17) is 5.73 Å². The molecule has 2 nitrogen and oxygen atoms in total. The van der Waals surface area contributed by atoms with Crippen LogP contribution >= 0.6 is 0 Å². The Kier molecular flexibility index (Phi) is 3.14. The molecule has 0 bridgehead atoms. The molecule has 3 rings (SSSR count). The monoisotopic (exact) mass is 256 g/mol. The van der Waals surface area contributed by atoms with Gasteiger partial charge in [-0.25, -0.2) is 0 Å². The summed E-state index contributed by atoms with van der Waals surface area (Å²) in [6.07, 6.45) is 7.30. The Hall–Kier alpha value is -1.28. The molecule has 1 saturated carbocycles. The lowest BCUT2D eigenvalue weighted by molar-refractivity contribution is 0.457. The third-order valence-electron chi connectivity index (χ3n) is 4.90. The molecule has 0 atom stereocenters. The number of benzene rings is 1. The number of H-pyrrole nitrogens is 1. The van der Waals surface area contributed by atoms with E-state index in [0.717, 1.165) is 6.54 Å². The molecule has 3 N–H and O–H groups in total. The second-order valence-corrected chi connectivity index (χ2v) is 6.35. The van der Waals surface area contributed by atoms with Crippen molar-refractivity contribution in [3.8, 4) is 0 Å². The van der Waals surface area contributed by atoms with Crippen LogP contribution in [0.1, 0.15) is 56.6 Å². The fraction of sp³-hybridized carbons (Fsp3) is 0.529. The Morgan fingerprint density at radius 2 is 2.00 bits per heavy atom. The molecule has 19 heavy (non-hydrogen) atoms. The van der Waals surface area contributed by atoms with E-state index in [0.29, 0.717) is 5.92 Å². The first-order valence-electron chi connectivity index (χ1n) is 7.48. The predicted octanol–water partition coefficient (Wildman–Crippen LogP) is 4.06. The van der Waals surface area contributed by atoms with Crippen LogP contribution in [-0.4, -0.2) is 11.5 Å². The number of nitrogens with two attached hydrogens (primary N) is 1. The van der Waals surface area contributed by atoms with E-state index in [1.165, 1.54) is 47.7 Å². The topological polar surface area (TPSA) is 41.8 Å². The third kappa shape index (κ3) is 1.99. The normalized spacial score (nSPS) is 18.5. The summed E-state index contributed by atoms with van der Waals surface area (Å²) in [7, 11) is 0. The maximum Gasteiger partial charge on any atom is 0.0457 e. The van der Waals surface area contributed by atoms with Crippen LogP contribution in [-0.2, 0) is 5.41 Å². The van der Waals surface area contributed by atoms with Crippen molar-refractivity contribution < 1.29 is 0 Å². The van der Waals surface area contributed by atoms with Gasteiger partial charge in [0.1, 0.15) is 0 Å². The highest BCUT2D eigenvalue weighted by atomic mass is 14.7. The Morgan fingerprint density at radius 3 is 2.63 bits per heavy atom.